The molecule has 12 heavy (non-hydrogen) atoms. The summed E-state index contributed by atoms with van der Waals surface area (Å²) in [5.41, 5.74) is -0.219. The van der Waals surface area contributed by atoms with Crippen molar-refractivity contribution in [3.05, 3.63) is 0 Å². The highest BCUT2D eigenvalue weighted by Crippen LogP contribution is 2.16. The third-order valence-electron chi connectivity index (χ3n) is 2.07. The van der Waals surface area contributed by atoms with E-state index in [4.69, 9.17) is 4.74 Å². The second-order valence-electron chi connectivity index (χ2n) is 4.57. The fourth-order valence-corrected chi connectivity index (χ4v) is 0.591. The van der Waals surface area contributed by atoms with Crippen molar-refractivity contribution in [3.63, 3.8) is 0 Å². The highest BCUT2D eigenvalue weighted by molar-refractivity contribution is 4.67. The summed E-state index contributed by atoms with van der Waals surface area (Å²) in [5.74, 6) is 0.521. The maximum absolute atomic E-state index is 10.7. The van der Waals surface area contributed by atoms with Gasteiger partial charge in [-0.2, -0.15) is 0 Å². The smallest absolute Gasteiger partial charge is 0.0895 e. The Hall–Kier alpha value is -0.0800. The number of ether oxygens (including phenoxy) is 1. The van der Waals surface area contributed by atoms with Gasteiger partial charge < -0.3 is 4.74 Å². The van der Waals surface area contributed by atoms with Crippen LogP contribution in [0.4, 0.5) is 0 Å². The van der Waals surface area contributed by atoms with Gasteiger partial charge in [0.25, 0.3) is 0 Å². The second kappa shape index (κ2) is 4.83. The van der Waals surface area contributed by atoms with Gasteiger partial charge in [-0.1, -0.05) is 27.7 Å². The van der Waals surface area contributed by atoms with E-state index in [1.807, 2.05) is 20.8 Å². The average molecular weight is 173 g/mol. The molecule has 0 saturated carbocycles. The summed E-state index contributed by atoms with van der Waals surface area (Å²) in [6, 6.07) is 0. The molecule has 0 bridgehead atoms. The van der Waals surface area contributed by atoms with Crippen LogP contribution in [-0.2, 0) is 9.84 Å². The van der Waals surface area contributed by atoms with Gasteiger partial charge in [-0.05, 0) is 12.8 Å². The summed E-state index contributed by atoms with van der Waals surface area (Å²) < 4.78 is 5.56. The summed E-state index contributed by atoms with van der Waals surface area (Å²) in [7, 11) is 0. The van der Waals surface area contributed by atoms with Gasteiger partial charge in [-0.3, -0.25) is 0 Å². The standard InChI is InChI=1S/C10H21O2/c1-8(2)9(3)12-7-10(4,5)6-11/h8-9H,6-7H2,1-5H3. The van der Waals surface area contributed by atoms with E-state index in [0.717, 1.165) is 0 Å². The Kier molecular flexibility index (Phi) is 4.80. The Morgan fingerprint density at radius 1 is 1.25 bits per heavy atom. The van der Waals surface area contributed by atoms with Crippen LogP contribution in [0.2, 0.25) is 0 Å². The molecule has 1 radical (unpaired) electrons. The van der Waals surface area contributed by atoms with Crippen molar-refractivity contribution in [2.24, 2.45) is 11.3 Å². The molecule has 0 aliphatic heterocycles. The Morgan fingerprint density at radius 2 is 1.75 bits per heavy atom. The van der Waals surface area contributed by atoms with E-state index in [9.17, 15) is 5.11 Å². The van der Waals surface area contributed by atoms with Crippen molar-refractivity contribution in [1.82, 2.24) is 0 Å². The van der Waals surface area contributed by atoms with Crippen LogP contribution in [0.5, 0.6) is 0 Å². The van der Waals surface area contributed by atoms with Crippen molar-refractivity contribution >= 4 is 0 Å². The van der Waals surface area contributed by atoms with Gasteiger partial charge in [0.2, 0.25) is 0 Å². The molecule has 0 aliphatic rings. The highest BCUT2D eigenvalue weighted by atomic mass is 16.5. The molecule has 0 aromatic heterocycles. The molecule has 0 aromatic rings. The minimum absolute atomic E-state index is 0.0716. The summed E-state index contributed by atoms with van der Waals surface area (Å²) in [5, 5.41) is 10.7. The number of hydrogen-bond acceptors (Lipinski definition) is 1. The van der Waals surface area contributed by atoms with Crippen molar-refractivity contribution in [2.45, 2.75) is 40.7 Å². The molecule has 0 N–H and O–H groups in total. The van der Waals surface area contributed by atoms with Crippen molar-refractivity contribution in [3.8, 4) is 0 Å². The van der Waals surface area contributed by atoms with E-state index < -0.39 is 0 Å². The van der Waals surface area contributed by atoms with E-state index in [-0.39, 0.29) is 18.1 Å². The lowest BCUT2D eigenvalue weighted by atomic mass is 9.96. The van der Waals surface area contributed by atoms with Gasteiger partial charge in [0, 0.05) is 5.41 Å². The summed E-state index contributed by atoms with van der Waals surface area (Å²) in [4.78, 5) is 0. The highest BCUT2D eigenvalue weighted by Gasteiger charge is 2.19. The lowest BCUT2D eigenvalue weighted by Crippen LogP contribution is -2.27. The van der Waals surface area contributed by atoms with Crippen LogP contribution in [0.1, 0.15) is 34.6 Å². The molecule has 0 heterocycles. The maximum atomic E-state index is 10.7. The van der Waals surface area contributed by atoms with Gasteiger partial charge in [-0.15, -0.1) is 0 Å². The molecule has 1 atom stereocenters. The zero-order valence-electron chi connectivity index (χ0n) is 8.89. The Labute approximate surface area is 75.9 Å². The molecular formula is C10H21O2. The largest absolute Gasteiger partial charge is 0.378 e. The first kappa shape index (κ1) is 11.9. The van der Waals surface area contributed by atoms with Crippen LogP contribution >= 0.6 is 0 Å². The molecule has 0 spiro atoms. The first-order valence-corrected chi connectivity index (χ1v) is 4.59. The molecule has 0 amide bonds. The van der Waals surface area contributed by atoms with E-state index in [1.165, 1.54) is 0 Å². The van der Waals surface area contributed by atoms with Gasteiger partial charge in [0.1, 0.15) is 0 Å². The van der Waals surface area contributed by atoms with Crippen LogP contribution in [0.25, 0.3) is 0 Å². The third kappa shape index (κ3) is 4.73. The molecule has 0 aromatic carbocycles. The molecule has 1 unspecified atom stereocenters. The first-order chi connectivity index (χ1) is 5.39. The van der Waals surface area contributed by atoms with Crippen LogP contribution in [-0.4, -0.2) is 19.3 Å². The van der Waals surface area contributed by atoms with Crippen LogP contribution < -0.4 is 0 Å². The molecule has 0 rings (SSSR count). The summed E-state index contributed by atoms with van der Waals surface area (Å²) in [6.07, 6.45) is 0.246. The van der Waals surface area contributed by atoms with E-state index in [0.29, 0.717) is 12.5 Å². The molecule has 73 valence electrons. The van der Waals surface area contributed by atoms with E-state index >= 15 is 0 Å². The topological polar surface area (TPSA) is 29.1 Å². The average Bonchev–Trinajstić information content (AvgIpc) is 2.00. The minimum atomic E-state index is -0.219. The normalized spacial score (nSPS) is 15.2. The summed E-state index contributed by atoms with van der Waals surface area (Å²) in [6.45, 7) is 10.7. The first-order valence-electron chi connectivity index (χ1n) is 4.59. The van der Waals surface area contributed by atoms with E-state index in [2.05, 4.69) is 13.8 Å². The molecule has 2 nitrogen and oxygen atoms in total. The Bertz CT molecular complexity index is 119. The predicted octanol–water partition coefficient (Wildman–Crippen LogP) is 2.50. The van der Waals surface area contributed by atoms with Gasteiger partial charge in [0.05, 0.1) is 19.3 Å². The second-order valence-corrected chi connectivity index (χ2v) is 4.57. The van der Waals surface area contributed by atoms with E-state index in [1.54, 1.807) is 0 Å². The lowest BCUT2D eigenvalue weighted by Gasteiger charge is -2.24. The van der Waals surface area contributed by atoms with Crippen molar-refractivity contribution in [2.75, 3.05) is 13.2 Å². The fraction of sp³-hybridized carbons (Fsp3) is 1.00. The molecular weight excluding hydrogens is 152 g/mol. The predicted molar refractivity (Wildman–Crippen MR) is 49.6 cm³/mol. The van der Waals surface area contributed by atoms with Crippen molar-refractivity contribution < 1.29 is 9.84 Å². The zero-order valence-corrected chi connectivity index (χ0v) is 8.89. The van der Waals surface area contributed by atoms with Crippen molar-refractivity contribution in [1.29, 1.82) is 0 Å². The molecule has 2 heteroatoms. The third-order valence-corrected chi connectivity index (χ3v) is 2.07. The Balaban J connectivity index is 3.67. The fourth-order valence-electron chi connectivity index (χ4n) is 0.591. The van der Waals surface area contributed by atoms with Gasteiger partial charge >= 0.3 is 0 Å². The molecule has 0 saturated heterocycles. The zero-order chi connectivity index (χ0) is 9.78. The lowest BCUT2D eigenvalue weighted by molar-refractivity contribution is -0.0388. The Morgan fingerprint density at radius 3 is 2.08 bits per heavy atom. The quantitative estimate of drug-likeness (QED) is 0.628. The van der Waals surface area contributed by atoms with Gasteiger partial charge in [-0.25, -0.2) is 5.11 Å². The summed E-state index contributed by atoms with van der Waals surface area (Å²) >= 11 is 0. The maximum Gasteiger partial charge on any atom is 0.0895 e. The van der Waals surface area contributed by atoms with Gasteiger partial charge in [0.15, 0.2) is 0 Å². The molecule has 0 aliphatic carbocycles. The number of hydrogen-bond donors (Lipinski definition) is 0. The van der Waals surface area contributed by atoms with Crippen LogP contribution in [0.3, 0.4) is 0 Å². The SMILES string of the molecule is CC(C)C(C)OCC(C)(C)C[O]. The van der Waals surface area contributed by atoms with Crippen LogP contribution in [0.15, 0.2) is 0 Å². The number of rotatable bonds is 5. The molecule has 0 fully saturated rings. The minimum Gasteiger partial charge on any atom is -0.378 e. The van der Waals surface area contributed by atoms with Crippen LogP contribution in [0, 0.1) is 11.3 Å². The monoisotopic (exact) mass is 173 g/mol.